The fraction of sp³-hybridized carbons (Fsp3) is 0.462. The molecule has 7 heteroatoms. The standard InChI is InChI=1S/C13H16BrCl2N3O/c1-19(9-2-3-9)13(17)18-4-5-20-12-10(15)6-8(14)7-11(12)16/h6-7,9H,2-5H2,1H3,(H2,17,18). The number of nitrogens with zero attached hydrogens (tertiary/aromatic N) is 2. The number of hydrogen-bond acceptors (Lipinski definition) is 2. The number of nitrogens with two attached hydrogens (primary N) is 1. The summed E-state index contributed by atoms with van der Waals surface area (Å²) in [6.45, 7) is 0.839. The molecule has 0 aromatic heterocycles. The second-order valence-electron chi connectivity index (χ2n) is 4.63. The molecule has 0 amide bonds. The molecule has 0 saturated heterocycles. The van der Waals surface area contributed by atoms with Gasteiger partial charge in [0.25, 0.3) is 0 Å². The van der Waals surface area contributed by atoms with Gasteiger partial charge in [-0.25, -0.2) is 4.99 Å². The number of aliphatic imine (C=N–C) groups is 1. The van der Waals surface area contributed by atoms with E-state index in [1.54, 1.807) is 12.1 Å². The van der Waals surface area contributed by atoms with Crippen molar-refractivity contribution in [3.63, 3.8) is 0 Å². The van der Waals surface area contributed by atoms with Crippen LogP contribution in [0.15, 0.2) is 21.6 Å². The van der Waals surface area contributed by atoms with Gasteiger partial charge in [0.15, 0.2) is 11.7 Å². The molecule has 1 saturated carbocycles. The van der Waals surface area contributed by atoms with Crippen LogP contribution in [0, 0.1) is 0 Å². The van der Waals surface area contributed by atoms with E-state index in [9.17, 15) is 0 Å². The molecular weight excluding hydrogens is 365 g/mol. The molecule has 1 fully saturated rings. The smallest absolute Gasteiger partial charge is 0.191 e. The van der Waals surface area contributed by atoms with E-state index >= 15 is 0 Å². The van der Waals surface area contributed by atoms with Crippen LogP contribution < -0.4 is 10.5 Å². The summed E-state index contributed by atoms with van der Waals surface area (Å²) in [7, 11) is 1.96. The van der Waals surface area contributed by atoms with Gasteiger partial charge in [0.1, 0.15) is 6.61 Å². The quantitative estimate of drug-likeness (QED) is 0.482. The normalized spacial score (nSPS) is 15.3. The minimum Gasteiger partial charge on any atom is -0.489 e. The van der Waals surface area contributed by atoms with Gasteiger partial charge in [-0.2, -0.15) is 0 Å². The van der Waals surface area contributed by atoms with Gasteiger partial charge in [-0.05, 0) is 25.0 Å². The van der Waals surface area contributed by atoms with E-state index in [0.717, 1.165) is 4.47 Å². The van der Waals surface area contributed by atoms with Gasteiger partial charge in [0.05, 0.1) is 16.6 Å². The molecule has 0 unspecified atom stereocenters. The molecule has 0 bridgehead atoms. The largest absolute Gasteiger partial charge is 0.489 e. The van der Waals surface area contributed by atoms with Gasteiger partial charge in [-0.15, -0.1) is 0 Å². The molecule has 1 aromatic carbocycles. The molecule has 0 aliphatic heterocycles. The monoisotopic (exact) mass is 379 g/mol. The van der Waals surface area contributed by atoms with Crippen molar-refractivity contribution in [2.24, 2.45) is 10.7 Å². The van der Waals surface area contributed by atoms with Crippen molar-refractivity contribution in [1.29, 1.82) is 0 Å². The molecule has 110 valence electrons. The average molecular weight is 381 g/mol. The first kappa shape index (κ1) is 15.7. The second kappa shape index (κ2) is 6.87. The molecule has 1 aliphatic carbocycles. The van der Waals surface area contributed by atoms with Crippen LogP contribution in [0.5, 0.6) is 5.75 Å². The molecule has 1 aliphatic rings. The molecule has 4 nitrogen and oxygen atoms in total. The Morgan fingerprint density at radius 2 is 2.05 bits per heavy atom. The van der Waals surface area contributed by atoms with Crippen molar-refractivity contribution in [3.05, 3.63) is 26.7 Å². The van der Waals surface area contributed by atoms with Gasteiger partial charge in [0.2, 0.25) is 0 Å². The lowest BCUT2D eigenvalue weighted by molar-refractivity contribution is 0.328. The van der Waals surface area contributed by atoms with E-state index < -0.39 is 0 Å². The Bertz CT molecular complexity index is 497. The predicted molar refractivity (Wildman–Crippen MR) is 86.9 cm³/mol. The zero-order valence-electron chi connectivity index (χ0n) is 11.1. The fourth-order valence-electron chi connectivity index (χ4n) is 1.74. The molecule has 20 heavy (non-hydrogen) atoms. The van der Waals surface area contributed by atoms with Crippen molar-refractivity contribution in [2.45, 2.75) is 18.9 Å². The Hall–Kier alpha value is -0.650. The topological polar surface area (TPSA) is 50.8 Å². The minimum absolute atomic E-state index is 0.375. The van der Waals surface area contributed by atoms with E-state index in [4.69, 9.17) is 33.7 Å². The molecule has 0 heterocycles. The van der Waals surface area contributed by atoms with Crippen LogP contribution in [0.25, 0.3) is 0 Å². The van der Waals surface area contributed by atoms with Crippen molar-refractivity contribution >= 4 is 45.1 Å². The highest BCUT2D eigenvalue weighted by Crippen LogP contribution is 2.35. The summed E-state index contributed by atoms with van der Waals surface area (Å²) in [4.78, 5) is 6.28. The summed E-state index contributed by atoms with van der Waals surface area (Å²) in [5.41, 5.74) is 5.88. The van der Waals surface area contributed by atoms with Crippen molar-refractivity contribution in [2.75, 3.05) is 20.2 Å². The molecule has 0 spiro atoms. The fourth-order valence-corrected chi connectivity index (χ4v) is 3.05. The lowest BCUT2D eigenvalue weighted by atomic mass is 10.3. The van der Waals surface area contributed by atoms with Crippen LogP contribution in [0.1, 0.15) is 12.8 Å². The zero-order chi connectivity index (χ0) is 14.7. The van der Waals surface area contributed by atoms with E-state index in [1.165, 1.54) is 12.8 Å². The van der Waals surface area contributed by atoms with Gasteiger partial charge in [-0.3, -0.25) is 0 Å². The summed E-state index contributed by atoms with van der Waals surface area (Å²) >= 11 is 15.5. The highest BCUT2D eigenvalue weighted by atomic mass is 79.9. The maximum Gasteiger partial charge on any atom is 0.191 e. The van der Waals surface area contributed by atoms with Gasteiger partial charge < -0.3 is 15.4 Å². The van der Waals surface area contributed by atoms with Crippen LogP contribution in [-0.4, -0.2) is 37.1 Å². The molecule has 0 radical (unpaired) electrons. The average Bonchev–Trinajstić information content (AvgIpc) is 3.19. The zero-order valence-corrected chi connectivity index (χ0v) is 14.2. The molecule has 0 atom stereocenters. The number of hydrogen-bond donors (Lipinski definition) is 1. The minimum atomic E-state index is 0.375. The maximum atomic E-state index is 6.07. The first-order valence-corrected chi connectivity index (χ1v) is 7.84. The van der Waals surface area contributed by atoms with E-state index in [2.05, 4.69) is 20.9 Å². The first-order valence-electron chi connectivity index (χ1n) is 6.29. The Balaban J connectivity index is 1.85. The van der Waals surface area contributed by atoms with Gasteiger partial charge in [0, 0.05) is 17.6 Å². The van der Waals surface area contributed by atoms with Crippen molar-refractivity contribution in [3.8, 4) is 5.75 Å². The Labute approximate surface area is 137 Å². The van der Waals surface area contributed by atoms with E-state index in [1.807, 2.05) is 11.9 Å². The first-order chi connectivity index (χ1) is 9.49. The van der Waals surface area contributed by atoms with Crippen LogP contribution >= 0.6 is 39.1 Å². The second-order valence-corrected chi connectivity index (χ2v) is 6.36. The lowest BCUT2D eigenvalue weighted by Gasteiger charge is -2.17. The van der Waals surface area contributed by atoms with E-state index in [-0.39, 0.29) is 0 Å². The number of rotatable bonds is 5. The summed E-state index contributed by atoms with van der Waals surface area (Å²) in [5.74, 6) is 1.02. The van der Waals surface area contributed by atoms with Gasteiger partial charge >= 0.3 is 0 Å². The Morgan fingerprint density at radius 1 is 1.45 bits per heavy atom. The molecular formula is C13H16BrCl2N3O. The summed E-state index contributed by atoms with van der Waals surface area (Å²) < 4.78 is 6.38. The Kier molecular flexibility index (Phi) is 5.41. The summed E-state index contributed by atoms with van der Waals surface area (Å²) in [5, 5.41) is 0.938. The summed E-state index contributed by atoms with van der Waals surface area (Å²) in [6.07, 6.45) is 2.38. The lowest BCUT2D eigenvalue weighted by Crippen LogP contribution is -2.36. The van der Waals surface area contributed by atoms with E-state index in [0.29, 0.717) is 40.9 Å². The molecule has 2 rings (SSSR count). The predicted octanol–water partition coefficient (Wildman–Crippen LogP) is 3.54. The number of benzene rings is 1. The SMILES string of the molecule is CN(C(N)=NCCOc1c(Cl)cc(Br)cc1Cl)C1CC1. The van der Waals surface area contributed by atoms with Crippen LogP contribution in [-0.2, 0) is 0 Å². The number of halogens is 3. The highest BCUT2D eigenvalue weighted by molar-refractivity contribution is 9.10. The maximum absolute atomic E-state index is 6.07. The van der Waals surface area contributed by atoms with Gasteiger partial charge in [-0.1, -0.05) is 39.1 Å². The van der Waals surface area contributed by atoms with Crippen LogP contribution in [0.3, 0.4) is 0 Å². The van der Waals surface area contributed by atoms with Crippen molar-refractivity contribution < 1.29 is 4.74 Å². The highest BCUT2D eigenvalue weighted by Gasteiger charge is 2.27. The summed E-state index contributed by atoms with van der Waals surface area (Å²) in [6, 6.07) is 4.03. The Morgan fingerprint density at radius 3 is 2.60 bits per heavy atom. The number of ether oxygens (including phenoxy) is 1. The van der Waals surface area contributed by atoms with Crippen LogP contribution in [0.4, 0.5) is 0 Å². The third-order valence-electron chi connectivity index (χ3n) is 3.03. The third-order valence-corrected chi connectivity index (χ3v) is 4.05. The number of guanidine groups is 1. The van der Waals surface area contributed by atoms with Crippen LogP contribution in [0.2, 0.25) is 10.0 Å². The third kappa shape index (κ3) is 4.17. The van der Waals surface area contributed by atoms with Crippen molar-refractivity contribution in [1.82, 2.24) is 4.90 Å². The molecule has 2 N–H and O–H groups in total. The molecule has 1 aromatic rings.